The van der Waals surface area contributed by atoms with Crippen LogP contribution in [0.1, 0.15) is 28.7 Å². The number of nitrogen functional groups attached to an aromatic ring is 1. The summed E-state index contributed by atoms with van der Waals surface area (Å²) in [5, 5.41) is 7.00. The molecule has 0 aliphatic carbocycles. The first kappa shape index (κ1) is 14.0. The first-order valence-electron chi connectivity index (χ1n) is 6.33. The van der Waals surface area contributed by atoms with Crippen molar-refractivity contribution in [3.8, 4) is 0 Å². The predicted molar refractivity (Wildman–Crippen MR) is 77.3 cm³/mol. The number of rotatable bonds is 4. The number of amides is 1. The molecule has 0 saturated carbocycles. The highest BCUT2D eigenvalue weighted by molar-refractivity contribution is 6.04. The third kappa shape index (κ3) is 2.94. The number of anilines is 2. The van der Waals surface area contributed by atoms with Crippen LogP contribution in [0.4, 0.5) is 11.6 Å². The Morgan fingerprint density at radius 1 is 1.40 bits per heavy atom. The van der Waals surface area contributed by atoms with Gasteiger partial charge in [-0.2, -0.15) is 5.10 Å². The summed E-state index contributed by atoms with van der Waals surface area (Å²) in [6.07, 6.45) is 0.723. The van der Waals surface area contributed by atoms with Crippen LogP contribution < -0.4 is 16.6 Å². The average Bonchev–Trinajstić information content (AvgIpc) is 2.76. The van der Waals surface area contributed by atoms with Crippen LogP contribution >= 0.6 is 0 Å². The van der Waals surface area contributed by atoms with E-state index >= 15 is 0 Å². The summed E-state index contributed by atoms with van der Waals surface area (Å²) in [4.78, 5) is 16.5. The number of nitrogens with two attached hydrogens (primary N) is 1. The molecule has 2 rings (SSSR count). The SMILES string of the molecule is CCc1cc(C(=O)Nc2cc(C)nn2C)cc(NN)n1. The molecule has 2 aromatic rings. The minimum absolute atomic E-state index is 0.221. The van der Waals surface area contributed by atoms with E-state index in [0.717, 1.165) is 17.8 Å². The molecule has 1 amide bonds. The van der Waals surface area contributed by atoms with E-state index in [1.165, 1.54) is 0 Å². The molecule has 7 heteroatoms. The number of nitrogens with one attached hydrogen (secondary N) is 2. The lowest BCUT2D eigenvalue weighted by Gasteiger charge is -2.08. The summed E-state index contributed by atoms with van der Waals surface area (Å²) in [6, 6.07) is 5.17. The molecule has 0 fully saturated rings. The molecule has 20 heavy (non-hydrogen) atoms. The van der Waals surface area contributed by atoms with Gasteiger partial charge in [-0.15, -0.1) is 0 Å². The smallest absolute Gasteiger partial charge is 0.257 e. The molecule has 0 bridgehead atoms. The normalized spacial score (nSPS) is 10.4. The number of hydrogen-bond donors (Lipinski definition) is 3. The van der Waals surface area contributed by atoms with E-state index in [1.807, 2.05) is 19.9 Å². The maximum atomic E-state index is 12.3. The Morgan fingerprint density at radius 2 is 2.15 bits per heavy atom. The topological polar surface area (TPSA) is 97.9 Å². The van der Waals surface area contributed by atoms with Crippen molar-refractivity contribution < 1.29 is 4.79 Å². The second kappa shape index (κ2) is 5.70. The fraction of sp³-hybridized carbons (Fsp3) is 0.308. The van der Waals surface area contributed by atoms with Crippen LogP contribution in [0.15, 0.2) is 18.2 Å². The molecule has 0 aliphatic heterocycles. The van der Waals surface area contributed by atoms with Crippen molar-refractivity contribution in [1.29, 1.82) is 0 Å². The van der Waals surface area contributed by atoms with Crippen LogP contribution in [0.3, 0.4) is 0 Å². The molecule has 0 aliphatic rings. The first-order valence-corrected chi connectivity index (χ1v) is 6.33. The van der Waals surface area contributed by atoms with Gasteiger partial charge in [0.05, 0.1) is 5.69 Å². The molecular formula is C13H18N6O. The molecule has 0 saturated heterocycles. The van der Waals surface area contributed by atoms with E-state index in [9.17, 15) is 4.79 Å². The zero-order chi connectivity index (χ0) is 14.7. The van der Waals surface area contributed by atoms with Crippen molar-refractivity contribution in [2.24, 2.45) is 12.9 Å². The Bertz CT molecular complexity index is 612. The zero-order valence-corrected chi connectivity index (χ0v) is 11.8. The van der Waals surface area contributed by atoms with Gasteiger partial charge < -0.3 is 10.7 Å². The number of aryl methyl sites for hydroxylation is 3. The van der Waals surface area contributed by atoms with Crippen molar-refractivity contribution in [2.75, 3.05) is 10.7 Å². The standard InChI is InChI=1S/C13H18N6O/c1-4-10-6-9(7-11(15-10)17-14)13(20)16-12-5-8(2)18-19(12)3/h5-7H,4,14H2,1-3H3,(H,15,17)(H,16,20). The van der Waals surface area contributed by atoms with Crippen molar-refractivity contribution in [1.82, 2.24) is 14.8 Å². The largest absolute Gasteiger partial charge is 0.308 e. The number of hydrazine groups is 1. The summed E-state index contributed by atoms with van der Waals surface area (Å²) in [5.74, 6) is 6.25. The van der Waals surface area contributed by atoms with Gasteiger partial charge in [-0.05, 0) is 25.5 Å². The number of nitrogens with zero attached hydrogens (tertiary/aromatic N) is 3. The predicted octanol–water partition coefficient (Wildman–Crippen LogP) is 1.22. The first-order chi connectivity index (χ1) is 9.53. The summed E-state index contributed by atoms with van der Waals surface area (Å²) < 4.78 is 1.62. The minimum Gasteiger partial charge on any atom is -0.308 e. The van der Waals surface area contributed by atoms with Crippen LogP contribution in [0.5, 0.6) is 0 Å². The van der Waals surface area contributed by atoms with Crippen molar-refractivity contribution >= 4 is 17.5 Å². The van der Waals surface area contributed by atoms with Gasteiger partial charge >= 0.3 is 0 Å². The van der Waals surface area contributed by atoms with E-state index in [4.69, 9.17) is 5.84 Å². The Hall–Kier alpha value is -2.41. The van der Waals surface area contributed by atoms with E-state index in [1.54, 1.807) is 23.9 Å². The molecule has 2 heterocycles. The second-order valence-corrected chi connectivity index (χ2v) is 4.48. The Morgan fingerprint density at radius 3 is 2.70 bits per heavy atom. The summed E-state index contributed by atoms with van der Waals surface area (Å²) in [6.45, 7) is 3.84. The lowest BCUT2D eigenvalue weighted by atomic mass is 10.2. The molecule has 7 nitrogen and oxygen atoms in total. The molecule has 0 atom stereocenters. The minimum atomic E-state index is -0.221. The number of pyridine rings is 1. The quantitative estimate of drug-likeness (QED) is 0.575. The summed E-state index contributed by atoms with van der Waals surface area (Å²) >= 11 is 0. The van der Waals surface area contributed by atoms with Gasteiger partial charge in [0.25, 0.3) is 5.91 Å². The number of hydrogen-bond acceptors (Lipinski definition) is 5. The second-order valence-electron chi connectivity index (χ2n) is 4.48. The van der Waals surface area contributed by atoms with Gasteiger partial charge in [0.1, 0.15) is 11.6 Å². The van der Waals surface area contributed by atoms with Gasteiger partial charge in [0.2, 0.25) is 0 Å². The molecule has 4 N–H and O–H groups in total. The molecule has 2 aromatic heterocycles. The van der Waals surface area contributed by atoms with Gasteiger partial charge in [0, 0.05) is 24.4 Å². The number of aromatic nitrogens is 3. The molecule has 0 aromatic carbocycles. The van der Waals surface area contributed by atoms with Crippen molar-refractivity contribution in [2.45, 2.75) is 20.3 Å². The van der Waals surface area contributed by atoms with E-state index < -0.39 is 0 Å². The van der Waals surface area contributed by atoms with Crippen LogP contribution in [0.25, 0.3) is 0 Å². The van der Waals surface area contributed by atoms with E-state index in [-0.39, 0.29) is 5.91 Å². The third-order valence-electron chi connectivity index (χ3n) is 2.89. The number of carbonyl (C=O) groups excluding carboxylic acids is 1. The fourth-order valence-electron chi connectivity index (χ4n) is 1.89. The van der Waals surface area contributed by atoms with Crippen molar-refractivity contribution in [3.63, 3.8) is 0 Å². The zero-order valence-electron chi connectivity index (χ0n) is 11.8. The molecule has 0 unspecified atom stereocenters. The Kier molecular flexibility index (Phi) is 3.99. The highest BCUT2D eigenvalue weighted by atomic mass is 16.1. The highest BCUT2D eigenvalue weighted by Crippen LogP contribution is 2.14. The lowest BCUT2D eigenvalue weighted by Crippen LogP contribution is -2.17. The monoisotopic (exact) mass is 274 g/mol. The molecular weight excluding hydrogens is 256 g/mol. The van der Waals surface area contributed by atoms with Crippen LogP contribution in [-0.2, 0) is 13.5 Å². The van der Waals surface area contributed by atoms with Gasteiger partial charge in [-0.25, -0.2) is 10.8 Å². The maximum Gasteiger partial charge on any atom is 0.257 e. The van der Waals surface area contributed by atoms with E-state index in [2.05, 4.69) is 20.8 Å². The van der Waals surface area contributed by atoms with Crippen LogP contribution in [0.2, 0.25) is 0 Å². The molecule has 106 valence electrons. The van der Waals surface area contributed by atoms with Crippen LogP contribution in [-0.4, -0.2) is 20.7 Å². The van der Waals surface area contributed by atoms with Gasteiger partial charge in [-0.3, -0.25) is 9.48 Å². The maximum absolute atomic E-state index is 12.3. The average molecular weight is 274 g/mol. The fourth-order valence-corrected chi connectivity index (χ4v) is 1.89. The lowest BCUT2D eigenvalue weighted by molar-refractivity contribution is 0.102. The summed E-state index contributed by atoms with van der Waals surface area (Å²) in [5.41, 5.74) is 4.61. The highest BCUT2D eigenvalue weighted by Gasteiger charge is 2.12. The van der Waals surface area contributed by atoms with Gasteiger partial charge in [0.15, 0.2) is 0 Å². The number of carbonyl (C=O) groups is 1. The third-order valence-corrected chi connectivity index (χ3v) is 2.89. The molecule has 0 spiro atoms. The molecule has 0 radical (unpaired) electrons. The van der Waals surface area contributed by atoms with Crippen LogP contribution in [0, 0.1) is 6.92 Å². The Balaban J connectivity index is 2.26. The van der Waals surface area contributed by atoms with Gasteiger partial charge in [-0.1, -0.05) is 6.92 Å². The Labute approximate surface area is 117 Å². The summed E-state index contributed by atoms with van der Waals surface area (Å²) in [7, 11) is 1.78. The van der Waals surface area contributed by atoms with Crippen molar-refractivity contribution in [3.05, 3.63) is 35.2 Å². The van der Waals surface area contributed by atoms with E-state index in [0.29, 0.717) is 17.2 Å².